The smallest absolute Gasteiger partial charge is 0.271 e. The molecule has 31 heavy (non-hydrogen) atoms. The summed E-state index contributed by atoms with van der Waals surface area (Å²) < 4.78 is 28.1. The van der Waals surface area contributed by atoms with Crippen molar-refractivity contribution in [2.45, 2.75) is 4.90 Å². The van der Waals surface area contributed by atoms with Gasteiger partial charge in [0.2, 0.25) is 5.95 Å². The maximum Gasteiger partial charge on any atom is 0.271 e. The molecule has 3 heterocycles. The van der Waals surface area contributed by atoms with Crippen LogP contribution in [0.25, 0.3) is 21.9 Å². The summed E-state index contributed by atoms with van der Waals surface area (Å²) in [5, 5.41) is 13.6. The number of hydrogen-bond donors (Lipinski definition) is 1. The lowest BCUT2D eigenvalue weighted by molar-refractivity contribution is 0.589. The molecule has 0 fully saturated rings. The molecular weight excluding hydrogens is 412 g/mol. The van der Waals surface area contributed by atoms with E-state index in [1.165, 1.54) is 18.5 Å². The standard InChI is InChI=1S/C22H14N6O2S/c23-13-16-5-1-2-8-18(16)26-22-25-14-17-10-12-28(21(17)27-22)31(29,30)19-9-3-6-15-7-4-11-24-20(15)19/h1-12,14H,(H,25,26,27). The Morgan fingerprint density at radius 1 is 0.935 bits per heavy atom. The van der Waals surface area contributed by atoms with E-state index in [0.29, 0.717) is 22.2 Å². The van der Waals surface area contributed by atoms with Crippen molar-refractivity contribution in [1.82, 2.24) is 18.9 Å². The Morgan fingerprint density at radius 3 is 2.65 bits per heavy atom. The molecule has 0 amide bonds. The number of hydrogen-bond acceptors (Lipinski definition) is 7. The molecule has 0 spiro atoms. The topological polar surface area (TPSA) is 114 Å². The van der Waals surface area contributed by atoms with E-state index in [1.54, 1.807) is 48.7 Å². The highest BCUT2D eigenvalue weighted by Gasteiger charge is 2.23. The van der Waals surface area contributed by atoms with Crippen molar-refractivity contribution in [1.29, 1.82) is 5.26 Å². The number of pyridine rings is 1. The first-order valence-electron chi connectivity index (χ1n) is 9.27. The molecule has 9 heteroatoms. The summed E-state index contributed by atoms with van der Waals surface area (Å²) in [6.45, 7) is 0. The normalized spacial score (nSPS) is 11.5. The van der Waals surface area contributed by atoms with Crippen LogP contribution >= 0.6 is 0 Å². The van der Waals surface area contributed by atoms with E-state index in [1.807, 2.05) is 12.1 Å². The van der Waals surface area contributed by atoms with Gasteiger partial charge in [-0.05, 0) is 30.3 Å². The molecule has 0 aliphatic rings. The fourth-order valence-electron chi connectivity index (χ4n) is 3.35. The van der Waals surface area contributed by atoms with Crippen molar-refractivity contribution in [3.05, 3.63) is 84.8 Å². The van der Waals surface area contributed by atoms with Crippen LogP contribution in [0.2, 0.25) is 0 Å². The maximum absolute atomic E-state index is 13.5. The second kappa shape index (κ2) is 7.19. The van der Waals surface area contributed by atoms with Gasteiger partial charge in [0.05, 0.1) is 16.8 Å². The third kappa shape index (κ3) is 3.15. The summed E-state index contributed by atoms with van der Waals surface area (Å²) in [6.07, 6.45) is 4.54. The first-order chi connectivity index (χ1) is 15.1. The highest BCUT2D eigenvalue weighted by Crippen LogP contribution is 2.27. The molecule has 5 rings (SSSR count). The van der Waals surface area contributed by atoms with Crippen LogP contribution in [0.15, 0.2) is 84.1 Å². The van der Waals surface area contributed by atoms with Gasteiger partial charge < -0.3 is 5.32 Å². The molecule has 8 nitrogen and oxygen atoms in total. The zero-order chi connectivity index (χ0) is 21.4. The highest BCUT2D eigenvalue weighted by atomic mass is 32.2. The van der Waals surface area contributed by atoms with Gasteiger partial charge in [-0.3, -0.25) is 4.98 Å². The van der Waals surface area contributed by atoms with Gasteiger partial charge in [-0.15, -0.1) is 0 Å². The van der Waals surface area contributed by atoms with Crippen molar-refractivity contribution in [3.8, 4) is 6.07 Å². The summed E-state index contributed by atoms with van der Waals surface area (Å²) in [7, 11) is -3.97. The Bertz CT molecular complexity index is 1600. The number of nitriles is 1. The SMILES string of the molecule is N#Cc1ccccc1Nc1ncc2ccn(S(=O)(=O)c3cccc4cccnc34)c2n1. The van der Waals surface area contributed by atoms with Crippen molar-refractivity contribution in [2.75, 3.05) is 5.32 Å². The molecule has 0 unspecified atom stereocenters. The summed E-state index contributed by atoms with van der Waals surface area (Å²) in [5.74, 6) is 0.182. The van der Waals surface area contributed by atoms with Gasteiger partial charge in [-0.25, -0.2) is 17.4 Å². The number of benzene rings is 2. The molecule has 5 aromatic rings. The molecule has 2 aromatic carbocycles. The summed E-state index contributed by atoms with van der Waals surface area (Å²) in [5.41, 5.74) is 1.57. The van der Waals surface area contributed by atoms with Crippen LogP contribution in [-0.2, 0) is 10.0 Å². The van der Waals surface area contributed by atoms with E-state index in [-0.39, 0.29) is 16.5 Å². The molecule has 150 valence electrons. The fraction of sp³-hybridized carbons (Fsp3) is 0. The monoisotopic (exact) mass is 426 g/mol. The van der Waals surface area contributed by atoms with Crippen LogP contribution in [0, 0.1) is 11.3 Å². The molecule has 0 atom stereocenters. The largest absolute Gasteiger partial charge is 0.323 e. The van der Waals surface area contributed by atoms with Crippen molar-refractivity contribution in [2.24, 2.45) is 0 Å². The number of fused-ring (bicyclic) bond motifs is 2. The number of anilines is 2. The van der Waals surface area contributed by atoms with Gasteiger partial charge >= 0.3 is 0 Å². The molecule has 0 bridgehead atoms. The lowest BCUT2D eigenvalue weighted by Crippen LogP contribution is -2.13. The lowest BCUT2D eigenvalue weighted by atomic mass is 10.2. The minimum Gasteiger partial charge on any atom is -0.323 e. The third-order valence-corrected chi connectivity index (χ3v) is 6.52. The predicted octanol–water partition coefficient (Wildman–Crippen LogP) is 3.83. The Morgan fingerprint density at radius 2 is 1.77 bits per heavy atom. The zero-order valence-corrected chi connectivity index (χ0v) is 16.8. The molecule has 0 radical (unpaired) electrons. The van der Waals surface area contributed by atoms with Crippen LogP contribution in [-0.4, -0.2) is 27.3 Å². The zero-order valence-electron chi connectivity index (χ0n) is 16.0. The second-order valence-corrected chi connectivity index (χ2v) is 8.49. The van der Waals surface area contributed by atoms with E-state index >= 15 is 0 Å². The maximum atomic E-state index is 13.5. The van der Waals surface area contributed by atoms with Crippen molar-refractivity contribution < 1.29 is 8.42 Å². The van der Waals surface area contributed by atoms with Gasteiger partial charge in [-0.1, -0.05) is 30.3 Å². The number of rotatable bonds is 4. The average molecular weight is 426 g/mol. The predicted molar refractivity (Wildman–Crippen MR) is 116 cm³/mol. The molecular formula is C22H14N6O2S. The van der Waals surface area contributed by atoms with Crippen molar-refractivity contribution in [3.63, 3.8) is 0 Å². The minimum absolute atomic E-state index is 0.0889. The van der Waals surface area contributed by atoms with Crippen LogP contribution in [0.1, 0.15) is 5.56 Å². The van der Waals surface area contributed by atoms with Crippen molar-refractivity contribution >= 4 is 43.6 Å². The molecule has 0 aliphatic heterocycles. The van der Waals surface area contributed by atoms with E-state index < -0.39 is 10.0 Å². The van der Waals surface area contributed by atoms with Gasteiger partial charge in [0, 0.05) is 29.4 Å². The van der Waals surface area contributed by atoms with Crippen LogP contribution in [0.4, 0.5) is 11.6 Å². The number of aromatic nitrogens is 4. The number of nitrogens with one attached hydrogen (secondary N) is 1. The van der Waals surface area contributed by atoms with E-state index in [0.717, 1.165) is 9.36 Å². The Hall–Kier alpha value is -4.29. The highest BCUT2D eigenvalue weighted by molar-refractivity contribution is 7.90. The number of nitrogens with zero attached hydrogens (tertiary/aromatic N) is 5. The number of para-hydroxylation sites is 2. The Kier molecular flexibility index (Phi) is 4.34. The molecule has 1 N–H and O–H groups in total. The summed E-state index contributed by atoms with van der Waals surface area (Å²) >= 11 is 0. The molecule has 0 aliphatic carbocycles. The summed E-state index contributed by atoms with van der Waals surface area (Å²) in [4.78, 5) is 13.0. The van der Waals surface area contributed by atoms with E-state index in [2.05, 4.69) is 26.3 Å². The van der Waals surface area contributed by atoms with Crippen LogP contribution in [0.5, 0.6) is 0 Å². The first kappa shape index (κ1) is 18.7. The minimum atomic E-state index is -3.97. The quantitative estimate of drug-likeness (QED) is 0.464. The summed E-state index contributed by atoms with van der Waals surface area (Å²) in [6, 6.07) is 19.3. The molecule has 0 saturated carbocycles. The Labute approximate surface area is 177 Å². The van der Waals surface area contributed by atoms with Gasteiger partial charge in [-0.2, -0.15) is 10.2 Å². The average Bonchev–Trinajstić information content (AvgIpc) is 3.23. The van der Waals surface area contributed by atoms with E-state index in [9.17, 15) is 13.7 Å². The van der Waals surface area contributed by atoms with Gasteiger partial charge in [0.15, 0.2) is 5.65 Å². The van der Waals surface area contributed by atoms with Crippen LogP contribution in [0.3, 0.4) is 0 Å². The molecule has 0 saturated heterocycles. The second-order valence-electron chi connectivity index (χ2n) is 6.70. The van der Waals surface area contributed by atoms with Gasteiger partial charge in [0.1, 0.15) is 11.0 Å². The lowest BCUT2D eigenvalue weighted by Gasteiger charge is -2.10. The molecule has 3 aromatic heterocycles. The fourth-order valence-corrected chi connectivity index (χ4v) is 4.82. The first-order valence-corrected chi connectivity index (χ1v) is 10.7. The van der Waals surface area contributed by atoms with E-state index in [4.69, 9.17) is 0 Å². The third-order valence-electron chi connectivity index (χ3n) is 4.82. The Balaban J connectivity index is 1.64. The van der Waals surface area contributed by atoms with Crippen LogP contribution < -0.4 is 5.32 Å². The van der Waals surface area contributed by atoms with Gasteiger partial charge in [0.25, 0.3) is 10.0 Å².